The summed E-state index contributed by atoms with van der Waals surface area (Å²) in [6.07, 6.45) is 4.24. The fourth-order valence-corrected chi connectivity index (χ4v) is 4.19. The molecule has 0 saturated carbocycles. The Morgan fingerprint density at radius 2 is 2.03 bits per heavy atom. The summed E-state index contributed by atoms with van der Waals surface area (Å²) in [4.78, 5) is 15.1. The number of ether oxygens (including phenoxy) is 2. The van der Waals surface area contributed by atoms with Gasteiger partial charge in [-0.3, -0.25) is 14.8 Å². The maximum atomic E-state index is 12.6. The Morgan fingerprint density at radius 3 is 2.72 bits per heavy atom. The summed E-state index contributed by atoms with van der Waals surface area (Å²) in [5.74, 6) is -0.0731. The van der Waals surface area contributed by atoms with Gasteiger partial charge in [-0.25, -0.2) is 0 Å². The van der Waals surface area contributed by atoms with Crippen LogP contribution in [0.25, 0.3) is 11.3 Å². The molecule has 6 nitrogen and oxygen atoms in total. The molecule has 29 heavy (non-hydrogen) atoms. The van der Waals surface area contributed by atoms with E-state index in [1.165, 1.54) is 22.3 Å². The Labute approximate surface area is 173 Å². The predicted molar refractivity (Wildman–Crippen MR) is 114 cm³/mol. The number of H-pyrrole nitrogens is 1. The molecule has 1 saturated heterocycles. The zero-order valence-corrected chi connectivity index (χ0v) is 18.1. The van der Waals surface area contributed by atoms with E-state index < -0.39 is 5.41 Å². The van der Waals surface area contributed by atoms with Gasteiger partial charge in [0.2, 0.25) is 0 Å². The van der Waals surface area contributed by atoms with E-state index in [2.05, 4.69) is 47.1 Å². The zero-order chi connectivity index (χ0) is 20.9. The summed E-state index contributed by atoms with van der Waals surface area (Å²) in [6.45, 7) is 9.65. The number of nitrogens with one attached hydrogen (secondary N) is 1. The van der Waals surface area contributed by atoms with E-state index in [1.807, 2.05) is 13.1 Å². The van der Waals surface area contributed by atoms with Crippen molar-refractivity contribution in [3.8, 4) is 11.3 Å². The molecule has 1 aliphatic heterocycles. The van der Waals surface area contributed by atoms with Crippen LogP contribution in [0, 0.1) is 19.3 Å². The molecule has 1 aliphatic rings. The van der Waals surface area contributed by atoms with Gasteiger partial charge in [0.05, 0.1) is 23.9 Å². The molecule has 0 aliphatic carbocycles. The number of aryl methyl sites for hydroxylation is 2. The van der Waals surface area contributed by atoms with Crippen molar-refractivity contribution in [1.82, 2.24) is 15.1 Å². The maximum absolute atomic E-state index is 12.6. The average Bonchev–Trinajstić information content (AvgIpc) is 3.17. The van der Waals surface area contributed by atoms with Gasteiger partial charge in [0, 0.05) is 31.4 Å². The molecule has 0 radical (unpaired) electrons. The van der Waals surface area contributed by atoms with Gasteiger partial charge in [-0.15, -0.1) is 0 Å². The number of aromatic nitrogens is 2. The number of likely N-dealkylation sites (tertiary alicyclic amines) is 1. The predicted octanol–water partition coefficient (Wildman–Crippen LogP) is 3.88. The summed E-state index contributed by atoms with van der Waals surface area (Å²) in [5.41, 5.74) is 5.54. The number of esters is 1. The Kier molecular flexibility index (Phi) is 7.09. The van der Waals surface area contributed by atoms with E-state index in [4.69, 9.17) is 9.47 Å². The van der Waals surface area contributed by atoms with E-state index >= 15 is 0 Å². The molecule has 1 aromatic heterocycles. The van der Waals surface area contributed by atoms with Crippen molar-refractivity contribution in [2.45, 2.75) is 46.6 Å². The number of piperidine rings is 1. The van der Waals surface area contributed by atoms with Gasteiger partial charge in [0.15, 0.2) is 0 Å². The molecule has 3 rings (SSSR count). The molecule has 0 atom stereocenters. The second-order valence-corrected chi connectivity index (χ2v) is 8.11. The summed E-state index contributed by atoms with van der Waals surface area (Å²) in [7, 11) is 1.68. The maximum Gasteiger partial charge on any atom is 0.312 e. The normalized spacial score (nSPS) is 16.7. The highest BCUT2D eigenvalue weighted by Crippen LogP contribution is 2.37. The highest BCUT2D eigenvalue weighted by Gasteiger charge is 2.42. The van der Waals surface area contributed by atoms with Gasteiger partial charge >= 0.3 is 5.97 Å². The van der Waals surface area contributed by atoms with Crippen molar-refractivity contribution in [2.24, 2.45) is 5.41 Å². The van der Waals surface area contributed by atoms with Crippen molar-refractivity contribution in [3.63, 3.8) is 0 Å². The Hall–Kier alpha value is -2.18. The fourth-order valence-electron chi connectivity index (χ4n) is 4.19. The molecule has 2 aromatic rings. The van der Waals surface area contributed by atoms with Crippen molar-refractivity contribution < 1.29 is 14.3 Å². The SMILES string of the molecule is CCOC(=O)C1(CCOC)CCN(Cc2cn[nH]c2-c2cc(C)ccc2C)CC1. The molecular weight excluding hydrogens is 366 g/mol. The number of carbonyl (C=O) groups is 1. The summed E-state index contributed by atoms with van der Waals surface area (Å²) < 4.78 is 10.7. The lowest BCUT2D eigenvalue weighted by molar-refractivity contribution is -0.160. The van der Waals surface area contributed by atoms with Crippen molar-refractivity contribution in [3.05, 3.63) is 41.1 Å². The molecular formula is C23H33N3O3. The molecule has 0 amide bonds. The van der Waals surface area contributed by atoms with Crippen LogP contribution < -0.4 is 0 Å². The number of rotatable bonds is 8. The largest absolute Gasteiger partial charge is 0.466 e. The summed E-state index contributed by atoms with van der Waals surface area (Å²) in [5, 5.41) is 7.51. The number of benzene rings is 1. The Bertz CT molecular complexity index is 823. The zero-order valence-electron chi connectivity index (χ0n) is 18.1. The summed E-state index contributed by atoms with van der Waals surface area (Å²) >= 11 is 0. The fraction of sp³-hybridized carbons (Fsp3) is 0.565. The van der Waals surface area contributed by atoms with Crippen LogP contribution in [0.5, 0.6) is 0 Å². The third kappa shape index (κ3) is 4.87. The lowest BCUT2D eigenvalue weighted by atomic mass is 9.75. The topological polar surface area (TPSA) is 67.5 Å². The van der Waals surface area contributed by atoms with Gasteiger partial charge in [-0.2, -0.15) is 5.10 Å². The molecule has 1 fully saturated rings. The third-order valence-electron chi connectivity index (χ3n) is 6.08. The number of hydrogen-bond donors (Lipinski definition) is 1. The number of hydrogen-bond acceptors (Lipinski definition) is 5. The minimum absolute atomic E-state index is 0.0731. The van der Waals surface area contributed by atoms with E-state index in [9.17, 15) is 4.79 Å². The van der Waals surface area contributed by atoms with Crippen LogP contribution in [0.4, 0.5) is 0 Å². The first kappa shape index (κ1) is 21.5. The Balaban J connectivity index is 1.70. The van der Waals surface area contributed by atoms with E-state index in [1.54, 1.807) is 7.11 Å². The molecule has 1 N–H and O–H groups in total. The molecule has 158 valence electrons. The average molecular weight is 400 g/mol. The van der Waals surface area contributed by atoms with Crippen LogP contribution in [-0.4, -0.2) is 54.5 Å². The monoisotopic (exact) mass is 399 g/mol. The first-order chi connectivity index (χ1) is 14.0. The van der Waals surface area contributed by atoms with Crippen molar-refractivity contribution in [2.75, 3.05) is 33.4 Å². The highest BCUT2D eigenvalue weighted by molar-refractivity contribution is 5.77. The quantitative estimate of drug-likeness (QED) is 0.683. The summed E-state index contributed by atoms with van der Waals surface area (Å²) in [6, 6.07) is 6.49. The molecule has 0 bridgehead atoms. The minimum Gasteiger partial charge on any atom is -0.466 e. The highest BCUT2D eigenvalue weighted by atomic mass is 16.5. The van der Waals surface area contributed by atoms with Crippen LogP contribution in [-0.2, 0) is 20.8 Å². The van der Waals surface area contributed by atoms with Crippen molar-refractivity contribution in [1.29, 1.82) is 0 Å². The van der Waals surface area contributed by atoms with Crippen LogP contribution in [0.2, 0.25) is 0 Å². The standard InChI is InChI=1S/C23H33N3O3/c1-5-29-22(27)23(10-13-28-4)8-11-26(12-9-23)16-19-15-24-25-21(19)20-14-17(2)6-7-18(20)3/h6-7,14-15H,5,8-13,16H2,1-4H3,(H,24,25). The lowest BCUT2D eigenvalue weighted by Gasteiger charge is -2.39. The minimum atomic E-state index is -0.422. The van der Waals surface area contributed by atoms with E-state index in [-0.39, 0.29) is 5.97 Å². The second kappa shape index (κ2) is 9.55. The molecule has 6 heteroatoms. The molecule has 0 spiro atoms. The smallest absolute Gasteiger partial charge is 0.312 e. The first-order valence-electron chi connectivity index (χ1n) is 10.5. The second-order valence-electron chi connectivity index (χ2n) is 8.11. The van der Waals surface area contributed by atoms with Gasteiger partial charge in [-0.1, -0.05) is 17.7 Å². The van der Waals surface area contributed by atoms with Crippen LogP contribution in [0.3, 0.4) is 0 Å². The molecule has 0 unspecified atom stereocenters. The third-order valence-corrected chi connectivity index (χ3v) is 6.08. The van der Waals surface area contributed by atoms with Crippen molar-refractivity contribution >= 4 is 5.97 Å². The number of methoxy groups -OCH3 is 1. The van der Waals surface area contributed by atoms with Gasteiger partial charge in [0.1, 0.15) is 0 Å². The lowest BCUT2D eigenvalue weighted by Crippen LogP contribution is -2.45. The van der Waals surface area contributed by atoms with Gasteiger partial charge in [-0.05, 0) is 64.8 Å². The number of carbonyl (C=O) groups excluding carboxylic acids is 1. The van der Waals surface area contributed by atoms with Gasteiger partial charge < -0.3 is 9.47 Å². The Morgan fingerprint density at radius 1 is 1.28 bits per heavy atom. The van der Waals surface area contributed by atoms with Crippen LogP contribution in [0.15, 0.2) is 24.4 Å². The molecule has 2 heterocycles. The van der Waals surface area contributed by atoms with Gasteiger partial charge in [0.25, 0.3) is 0 Å². The first-order valence-corrected chi connectivity index (χ1v) is 10.5. The van der Waals surface area contributed by atoms with Crippen LogP contribution >= 0.6 is 0 Å². The number of nitrogens with zero attached hydrogens (tertiary/aromatic N) is 2. The van der Waals surface area contributed by atoms with Crippen LogP contribution in [0.1, 0.15) is 42.9 Å². The van der Waals surface area contributed by atoms with E-state index in [0.29, 0.717) is 13.2 Å². The molecule has 1 aromatic carbocycles. The van der Waals surface area contributed by atoms with E-state index in [0.717, 1.165) is 44.6 Å². The number of aromatic amines is 1.